The second kappa shape index (κ2) is 11.7. The van der Waals surface area contributed by atoms with Crippen LogP contribution in [0.1, 0.15) is 25.7 Å². The van der Waals surface area contributed by atoms with Crippen LogP contribution in [0.25, 0.3) is 0 Å². The molecule has 0 aliphatic rings. The predicted molar refractivity (Wildman–Crippen MR) is 108 cm³/mol. The molecule has 0 atom stereocenters. The van der Waals surface area contributed by atoms with Crippen molar-refractivity contribution >= 4 is 53.4 Å². The van der Waals surface area contributed by atoms with Gasteiger partial charge in [-0.15, -0.1) is 0 Å². The van der Waals surface area contributed by atoms with Gasteiger partial charge in [0.25, 0.3) is 0 Å². The first-order valence-corrected chi connectivity index (χ1v) is 11.9. The predicted octanol–water partition coefficient (Wildman–Crippen LogP) is 6.48. The standard InChI is InChI=1S/C18H18O2S4/c19-17(23-21-15-9-3-1-4-10-15)13-7-8-14-18(20)24-22-16-11-5-2-6-12-16/h1-6,9-12H,7-8,13-14H2. The van der Waals surface area contributed by atoms with Gasteiger partial charge in [0, 0.05) is 22.6 Å². The molecule has 2 rings (SSSR count). The van der Waals surface area contributed by atoms with Crippen molar-refractivity contribution in [2.45, 2.75) is 35.5 Å². The van der Waals surface area contributed by atoms with Gasteiger partial charge < -0.3 is 0 Å². The fourth-order valence-electron chi connectivity index (χ4n) is 1.76. The summed E-state index contributed by atoms with van der Waals surface area (Å²) in [6.07, 6.45) is 2.58. The molecule has 0 saturated heterocycles. The molecular weight excluding hydrogens is 376 g/mol. The summed E-state index contributed by atoms with van der Waals surface area (Å²) in [5, 5.41) is 0.338. The monoisotopic (exact) mass is 394 g/mol. The third kappa shape index (κ3) is 8.33. The average molecular weight is 395 g/mol. The minimum atomic E-state index is 0.169. The fourth-order valence-corrected chi connectivity index (χ4v) is 5.44. The van der Waals surface area contributed by atoms with Crippen molar-refractivity contribution in [1.82, 2.24) is 0 Å². The Morgan fingerprint density at radius 3 is 1.38 bits per heavy atom. The van der Waals surface area contributed by atoms with E-state index < -0.39 is 0 Å². The van der Waals surface area contributed by atoms with E-state index in [1.54, 1.807) is 0 Å². The zero-order valence-electron chi connectivity index (χ0n) is 13.1. The van der Waals surface area contributed by atoms with Crippen molar-refractivity contribution in [3.05, 3.63) is 60.7 Å². The smallest absolute Gasteiger partial charge is 0.199 e. The average Bonchev–Trinajstić information content (AvgIpc) is 2.63. The summed E-state index contributed by atoms with van der Waals surface area (Å²) < 4.78 is 0. The fraction of sp³-hybridized carbons (Fsp3) is 0.222. The third-order valence-corrected chi connectivity index (χ3v) is 7.61. The Bertz CT molecular complexity index is 574. The van der Waals surface area contributed by atoms with Gasteiger partial charge in [-0.25, -0.2) is 0 Å². The summed E-state index contributed by atoms with van der Waals surface area (Å²) in [5.41, 5.74) is 0. The zero-order valence-corrected chi connectivity index (χ0v) is 16.3. The van der Waals surface area contributed by atoms with Crippen LogP contribution in [-0.4, -0.2) is 10.2 Å². The molecule has 0 N–H and O–H groups in total. The van der Waals surface area contributed by atoms with Crippen LogP contribution < -0.4 is 0 Å². The van der Waals surface area contributed by atoms with Crippen LogP contribution in [0.15, 0.2) is 70.5 Å². The maximum absolute atomic E-state index is 11.8. The zero-order chi connectivity index (χ0) is 17.0. The number of carbonyl (C=O) groups is 2. The third-order valence-electron chi connectivity index (χ3n) is 2.96. The van der Waals surface area contributed by atoms with Gasteiger partial charge in [0.1, 0.15) is 0 Å². The molecule has 24 heavy (non-hydrogen) atoms. The van der Waals surface area contributed by atoms with Crippen molar-refractivity contribution < 1.29 is 9.59 Å². The van der Waals surface area contributed by atoms with Crippen molar-refractivity contribution in [1.29, 1.82) is 0 Å². The Morgan fingerprint density at radius 2 is 1.00 bits per heavy atom. The molecule has 126 valence electrons. The lowest BCUT2D eigenvalue weighted by atomic mass is 10.2. The van der Waals surface area contributed by atoms with Crippen LogP contribution in [0, 0.1) is 0 Å². The van der Waals surface area contributed by atoms with Gasteiger partial charge in [0.15, 0.2) is 10.2 Å². The molecule has 6 heteroatoms. The molecular formula is C18H18O2S4. The first-order chi connectivity index (χ1) is 11.7. The molecule has 2 nitrogen and oxygen atoms in total. The SMILES string of the molecule is O=C(CCCCC(=O)SSc1ccccc1)SSc1ccccc1. The van der Waals surface area contributed by atoms with Crippen LogP contribution in [0.5, 0.6) is 0 Å². The number of hydrogen-bond donors (Lipinski definition) is 0. The lowest BCUT2D eigenvalue weighted by molar-refractivity contribution is -0.112. The second-order valence-corrected chi connectivity index (χ2v) is 9.43. The van der Waals surface area contributed by atoms with Crippen molar-refractivity contribution in [2.24, 2.45) is 0 Å². The molecule has 0 fully saturated rings. The largest absolute Gasteiger partial charge is 0.286 e. The lowest BCUT2D eigenvalue weighted by Crippen LogP contribution is -1.93. The van der Waals surface area contributed by atoms with Crippen LogP contribution in [0.3, 0.4) is 0 Å². The molecule has 0 aliphatic carbocycles. The molecule has 0 amide bonds. The van der Waals surface area contributed by atoms with E-state index in [0.29, 0.717) is 12.8 Å². The molecule has 0 aromatic heterocycles. The topological polar surface area (TPSA) is 34.1 Å². The molecule has 0 bridgehead atoms. The van der Waals surface area contributed by atoms with Gasteiger partial charge >= 0.3 is 0 Å². The Hall–Kier alpha value is -0.820. The van der Waals surface area contributed by atoms with Crippen molar-refractivity contribution in [2.75, 3.05) is 0 Å². The summed E-state index contributed by atoms with van der Waals surface area (Å²) in [7, 11) is 5.54. The van der Waals surface area contributed by atoms with Gasteiger partial charge in [-0.1, -0.05) is 36.4 Å². The van der Waals surface area contributed by atoms with Gasteiger partial charge in [0.2, 0.25) is 0 Å². The summed E-state index contributed by atoms with van der Waals surface area (Å²) in [4.78, 5) is 25.8. The molecule has 2 aromatic rings. The van der Waals surface area contributed by atoms with E-state index in [9.17, 15) is 9.59 Å². The Morgan fingerprint density at radius 1 is 0.625 bits per heavy atom. The van der Waals surface area contributed by atoms with Gasteiger partial charge in [-0.05, 0) is 80.3 Å². The number of benzene rings is 2. The van der Waals surface area contributed by atoms with E-state index in [4.69, 9.17) is 0 Å². The number of rotatable bonds is 9. The molecule has 0 aliphatic heterocycles. The first-order valence-electron chi connectivity index (χ1n) is 7.59. The van der Waals surface area contributed by atoms with Crippen molar-refractivity contribution in [3.8, 4) is 0 Å². The van der Waals surface area contributed by atoms with Crippen LogP contribution >= 0.6 is 43.2 Å². The van der Waals surface area contributed by atoms with E-state index in [1.807, 2.05) is 60.7 Å². The van der Waals surface area contributed by atoms with Crippen LogP contribution in [0.2, 0.25) is 0 Å². The lowest BCUT2D eigenvalue weighted by Gasteiger charge is -2.02. The van der Waals surface area contributed by atoms with E-state index >= 15 is 0 Å². The maximum Gasteiger partial charge on any atom is 0.199 e. The van der Waals surface area contributed by atoms with E-state index in [0.717, 1.165) is 22.6 Å². The molecule has 0 unspecified atom stereocenters. The number of carbonyl (C=O) groups excluding carboxylic acids is 2. The summed E-state index contributed by atoms with van der Waals surface area (Å²) >= 11 is 0. The minimum absolute atomic E-state index is 0.169. The van der Waals surface area contributed by atoms with E-state index in [-0.39, 0.29) is 10.2 Å². The molecule has 0 radical (unpaired) electrons. The summed E-state index contributed by atoms with van der Waals surface area (Å²) in [6, 6.07) is 19.7. The van der Waals surface area contributed by atoms with E-state index in [2.05, 4.69) is 0 Å². The second-order valence-electron chi connectivity index (χ2n) is 4.91. The van der Waals surface area contributed by atoms with Crippen LogP contribution in [0.4, 0.5) is 0 Å². The molecule has 0 spiro atoms. The van der Waals surface area contributed by atoms with Gasteiger partial charge in [-0.2, -0.15) is 0 Å². The first kappa shape index (κ1) is 19.5. The highest BCUT2D eigenvalue weighted by Gasteiger charge is 2.07. The van der Waals surface area contributed by atoms with E-state index in [1.165, 1.54) is 43.2 Å². The molecule has 0 saturated carbocycles. The number of hydrogen-bond acceptors (Lipinski definition) is 6. The maximum atomic E-state index is 11.8. The highest BCUT2D eigenvalue weighted by molar-refractivity contribution is 8.82. The quantitative estimate of drug-likeness (QED) is 0.357. The Labute approximate surface area is 158 Å². The highest BCUT2D eigenvalue weighted by atomic mass is 33.1. The van der Waals surface area contributed by atoms with Gasteiger partial charge in [-0.3, -0.25) is 9.59 Å². The molecule has 2 aromatic carbocycles. The normalized spacial score (nSPS) is 10.5. The summed E-state index contributed by atoms with van der Waals surface area (Å²) in [6.45, 7) is 0. The van der Waals surface area contributed by atoms with Crippen LogP contribution in [-0.2, 0) is 9.59 Å². The molecule has 0 heterocycles. The minimum Gasteiger partial charge on any atom is -0.286 e. The summed E-state index contributed by atoms with van der Waals surface area (Å²) in [5.74, 6) is 0. The van der Waals surface area contributed by atoms with Crippen molar-refractivity contribution in [3.63, 3.8) is 0 Å². The van der Waals surface area contributed by atoms with Gasteiger partial charge in [0.05, 0.1) is 0 Å². The Kier molecular flexibility index (Phi) is 9.50. The Balaban J connectivity index is 1.52. The number of unbranched alkanes of at least 4 members (excludes halogenated alkanes) is 1. The highest BCUT2D eigenvalue weighted by Crippen LogP contribution is 2.34.